The summed E-state index contributed by atoms with van der Waals surface area (Å²) in [4.78, 5) is 30.6. The minimum Gasteiger partial charge on any atom is -0.465 e. The van der Waals surface area contributed by atoms with E-state index in [0.29, 0.717) is 22.5 Å². The Morgan fingerprint density at radius 1 is 1.18 bits per heavy atom. The highest BCUT2D eigenvalue weighted by molar-refractivity contribution is 6.03. The lowest BCUT2D eigenvalue weighted by Gasteiger charge is -2.30. The summed E-state index contributed by atoms with van der Waals surface area (Å²) in [6, 6.07) is -0.102. The molecule has 6 nitrogen and oxygen atoms in total. The second-order valence-electron chi connectivity index (χ2n) is 6.32. The fourth-order valence-electron chi connectivity index (χ4n) is 3.24. The van der Waals surface area contributed by atoms with Crippen molar-refractivity contribution in [2.24, 2.45) is 0 Å². The number of ether oxygens (including phenoxy) is 1. The third kappa shape index (κ3) is 3.08. The fourth-order valence-corrected chi connectivity index (χ4v) is 3.24. The minimum absolute atomic E-state index is 0.0744. The summed E-state index contributed by atoms with van der Waals surface area (Å²) in [6.07, 6.45) is 0. The Labute approximate surface area is 131 Å². The van der Waals surface area contributed by atoms with E-state index in [9.17, 15) is 9.59 Å². The van der Waals surface area contributed by atoms with Crippen molar-refractivity contribution in [1.82, 2.24) is 4.98 Å². The summed E-state index contributed by atoms with van der Waals surface area (Å²) in [5.41, 5.74) is 2.41. The van der Waals surface area contributed by atoms with Gasteiger partial charge in [-0.15, -0.1) is 0 Å². The number of aromatic amines is 1. The number of esters is 1. The van der Waals surface area contributed by atoms with E-state index in [4.69, 9.17) is 4.74 Å². The molecule has 1 aromatic heterocycles. The molecule has 122 valence electrons. The van der Waals surface area contributed by atoms with E-state index in [1.807, 2.05) is 6.92 Å². The third-order valence-corrected chi connectivity index (χ3v) is 4.82. The first-order valence-corrected chi connectivity index (χ1v) is 7.84. The number of piperazine rings is 1. The lowest BCUT2D eigenvalue weighted by molar-refractivity contribution is -1.01. The molecule has 0 saturated carbocycles. The normalized spacial score (nSPS) is 23.1. The van der Waals surface area contributed by atoms with Crippen LogP contribution in [0.5, 0.6) is 0 Å². The molecule has 0 spiro atoms. The molecular formula is C16H27N3O3+2. The Balaban J connectivity index is 2.21. The first kappa shape index (κ1) is 16.7. The van der Waals surface area contributed by atoms with E-state index in [1.165, 1.54) is 16.9 Å². The topological polar surface area (TPSA) is 68.0 Å². The van der Waals surface area contributed by atoms with Crippen molar-refractivity contribution in [3.05, 3.63) is 22.5 Å². The maximum atomic E-state index is 12.8. The number of hydrogen-bond donors (Lipinski definition) is 3. The number of hydrogen-bond acceptors (Lipinski definition) is 3. The summed E-state index contributed by atoms with van der Waals surface area (Å²) in [7, 11) is 3.54. The first-order valence-electron chi connectivity index (χ1n) is 7.84. The van der Waals surface area contributed by atoms with Crippen molar-refractivity contribution in [3.8, 4) is 0 Å². The van der Waals surface area contributed by atoms with Crippen LogP contribution < -0.4 is 9.80 Å². The molecule has 0 aliphatic carbocycles. The van der Waals surface area contributed by atoms with Crippen molar-refractivity contribution in [1.29, 1.82) is 0 Å². The van der Waals surface area contributed by atoms with Crippen LogP contribution in [0.1, 0.15) is 39.0 Å². The Morgan fingerprint density at radius 2 is 1.77 bits per heavy atom. The van der Waals surface area contributed by atoms with Crippen LogP contribution in [0.25, 0.3) is 0 Å². The highest BCUT2D eigenvalue weighted by Crippen LogP contribution is 2.19. The molecule has 0 radical (unpaired) electrons. The number of carbonyl (C=O) groups excluding carboxylic acids is 2. The third-order valence-electron chi connectivity index (χ3n) is 4.82. The smallest absolute Gasteiger partial charge is 0.339 e. The van der Waals surface area contributed by atoms with Crippen LogP contribution in [0.2, 0.25) is 0 Å². The molecule has 0 bridgehead atoms. The number of ketones is 1. The number of Topliss-reactive ketones (excluding diaryl/α,β-unsaturated/α-hetero) is 1. The lowest BCUT2D eigenvalue weighted by atomic mass is 10.0. The minimum atomic E-state index is -0.395. The largest absolute Gasteiger partial charge is 0.465 e. The summed E-state index contributed by atoms with van der Waals surface area (Å²) >= 11 is 0. The van der Waals surface area contributed by atoms with Gasteiger partial charge in [0.2, 0.25) is 5.78 Å². The second-order valence-corrected chi connectivity index (χ2v) is 6.32. The molecule has 2 heterocycles. The number of nitrogens with one attached hydrogen (secondary N) is 3. The van der Waals surface area contributed by atoms with Gasteiger partial charge in [-0.25, -0.2) is 4.79 Å². The van der Waals surface area contributed by atoms with E-state index in [2.05, 4.69) is 12.0 Å². The van der Waals surface area contributed by atoms with Crippen molar-refractivity contribution < 1.29 is 24.1 Å². The van der Waals surface area contributed by atoms with Gasteiger partial charge in [0.15, 0.2) is 6.04 Å². The molecule has 6 heteroatoms. The number of aromatic nitrogens is 1. The number of quaternary nitrogens is 2. The number of carbonyl (C=O) groups is 2. The van der Waals surface area contributed by atoms with Gasteiger partial charge in [-0.2, -0.15) is 0 Å². The lowest BCUT2D eigenvalue weighted by Crippen LogP contribution is -3.29. The van der Waals surface area contributed by atoms with Gasteiger partial charge >= 0.3 is 5.97 Å². The number of aryl methyl sites for hydroxylation is 1. The second kappa shape index (κ2) is 6.62. The van der Waals surface area contributed by atoms with Crippen LogP contribution in [0.15, 0.2) is 0 Å². The maximum absolute atomic E-state index is 12.8. The summed E-state index contributed by atoms with van der Waals surface area (Å²) < 4.78 is 4.80. The van der Waals surface area contributed by atoms with Crippen molar-refractivity contribution in [3.63, 3.8) is 0 Å². The van der Waals surface area contributed by atoms with Crippen LogP contribution >= 0.6 is 0 Å². The van der Waals surface area contributed by atoms with Crippen LogP contribution in [0.3, 0.4) is 0 Å². The Bertz CT molecular complexity index is 571. The molecule has 0 unspecified atom stereocenters. The Morgan fingerprint density at radius 3 is 2.32 bits per heavy atom. The zero-order valence-corrected chi connectivity index (χ0v) is 14.1. The zero-order chi connectivity index (χ0) is 16.4. The molecule has 3 N–H and O–H groups in total. The summed E-state index contributed by atoms with van der Waals surface area (Å²) in [5.74, 6) is -0.321. The van der Waals surface area contributed by atoms with Gasteiger partial charge in [-0.3, -0.25) is 4.79 Å². The average Bonchev–Trinajstić information content (AvgIpc) is 2.80. The highest BCUT2D eigenvalue weighted by Gasteiger charge is 2.33. The Hall–Kier alpha value is -1.66. The van der Waals surface area contributed by atoms with Crippen molar-refractivity contribution in [2.75, 3.05) is 40.3 Å². The van der Waals surface area contributed by atoms with Crippen LogP contribution in [-0.2, 0) is 4.74 Å². The van der Waals surface area contributed by atoms with Gasteiger partial charge in [0.05, 0.1) is 25.4 Å². The van der Waals surface area contributed by atoms with E-state index in [-0.39, 0.29) is 11.8 Å². The molecule has 1 saturated heterocycles. The van der Waals surface area contributed by atoms with E-state index >= 15 is 0 Å². The first-order chi connectivity index (χ1) is 10.4. The van der Waals surface area contributed by atoms with Gasteiger partial charge in [0, 0.05) is 5.69 Å². The molecule has 2 rings (SSSR count). The number of H-pyrrole nitrogens is 1. The number of methoxy groups -OCH3 is 1. The molecule has 0 aromatic carbocycles. The van der Waals surface area contributed by atoms with E-state index < -0.39 is 5.97 Å². The molecule has 0 amide bonds. The standard InChI is InChI=1S/C16H25N3O3/c1-10-13(16(21)22-5)11(2)17-14(10)15(20)12(3)19-8-6-18(4)7-9-19/h12,17H,6-9H2,1-5H3/p+2/t12-/m0/s1. The van der Waals surface area contributed by atoms with Crippen LogP contribution in [0.4, 0.5) is 0 Å². The van der Waals surface area contributed by atoms with Crippen LogP contribution in [0, 0.1) is 13.8 Å². The van der Waals surface area contributed by atoms with Crippen LogP contribution in [-0.4, -0.2) is 63.1 Å². The van der Waals surface area contributed by atoms with Gasteiger partial charge in [-0.05, 0) is 26.3 Å². The molecule has 1 aliphatic heterocycles. The average molecular weight is 309 g/mol. The highest BCUT2D eigenvalue weighted by atomic mass is 16.5. The molecular weight excluding hydrogens is 282 g/mol. The zero-order valence-electron chi connectivity index (χ0n) is 14.1. The molecule has 1 aliphatic rings. The van der Waals surface area contributed by atoms with Crippen molar-refractivity contribution >= 4 is 11.8 Å². The summed E-state index contributed by atoms with van der Waals surface area (Å²) in [6.45, 7) is 9.76. The molecule has 22 heavy (non-hydrogen) atoms. The fraction of sp³-hybridized carbons (Fsp3) is 0.625. The number of rotatable bonds is 4. The van der Waals surface area contributed by atoms with Gasteiger partial charge in [-0.1, -0.05) is 0 Å². The molecule has 1 aromatic rings. The van der Waals surface area contributed by atoms with Gasteiger partial charge in [0.25, 0.3) is 0 Å². The SMILES string of the molecule is COC(=O)c1c(C)[nH]c(C(=O)[C@H](C)[NH+]2CC[NH+](C)CC2)c1C. The number of likely N-dealkylation sites (N-methyl/N-ethyl adjacent to an activating group) is 1. The van der Waals surface area contributed by atoms with E-state index in [0.717, 1.165) is 26.2 Å². The van der Waals surface area contributed by atoms with E-state index in [1.54, 1.807) is 13.8 Å². The quantitative estimate of drug-likeness (QED) is 0.464. The van der Waals surface area contributed by atoms with Crippen molar-refractivity contribution in [2.45, 2.75) is 26.8 Å². The predicted octanol–water partition coefficient (Wildman–Crippen LogP) is -1.60. The Kier molecular flexibility index (Phi) is 5.03. The monoisotopic (exact) mass is 309 g/mol. The predicted molar refractivity (Wildman–Crippen MR) is 82.7 cm³/mol. The molecule has 1 atom stereocenters. The van der Waals surface area contributed by atoms with Gasteiger partial charge in [0.1, 0.15) is 26.2 Å². The summed E-state index contributed by atoms with van der Waals surface area (Å²) in [5, 5.41) is 0. The molecule has 1 fully saturated rings. The van der Waals surface area contributed by atoms with Gasteiger partial charge < -0.3 is 19.5 Å². The maximum Gasteiger partial charge on any atom is 0.339 e.